The van der Waals surface area contributed by atoms with Crippen molar-refractivity contribution in [3.8, 4) is 0 Å². The van der Waals surface area contributed by atoms with Gasteiger partial charge in [0.25, 0.3) is 11.9 Å². The molecule has 0 aromatic heterocycles. The predicted molar refractivity (Wildman–Crippen MR) is 73.6 cm³/mol. The van der Waals surface area contributed by atoms with Crippen LogP contribution in [0.25, 0.3) is 0 Å². The van der Waals surface area contributed by atoms with E-state index >= 15 is 0 Å². The Morgan fingerprint density at radius 3 is 1.37 bits per heavy atom. The predicted octanol–water partition coefficient (Wildman–Crippen LogP) is 2.25. The van der Waals surface area contributed by atoms with E-state index in [1.807, 2.05) is 0 Å². The molecule has 0 atom stereocenters. The van der Waals surface area contributed by atoms with Gasteiger partial charge in [0.05, 0.1) is 0 Å². The van der Waals surface area contributed by atoms with Gasteiger partial charge in [-0.05, 0) is 12.8 Å². The molecular weight excluding hydrogens is 478 g/mol. The molecule has 1 saturated carbocycles. The number of hydrogen-bond donors (Lipinski definition) is 4. The number of hydrogen-bond acceptors (Lipinski definition) is 4. The molecule has 0 aliphatic heterocycles. The van der Waals surface area contributed by atoms with E-state index in [1.54, 1.807) is 0 Å². The standard InChI is InChI=1S/C6H13N.2C2H4O2.2ClH.H2N.Pt/c7-6-4-2-1-3-5-6;2*1-2(3)4;;;;/h6H,1-5,7H2;2*1H3,(H,3,4);2*1H;1H2;/q;;;;;-1;+3/p-2. The van der Waals surface area contributed by atoms with Crippen LogP contribution in [-0.2, 0) is 25.1 Å². The summed E-state index contributed by atoms with van der Waals surface area (Å²) in [7, 11) is 9.95. The van der Waals surface area contributed by atoms with Crippen molar-refractivity contribution in [3.63, 3.8) is 0 Å². The van der Waals surface area contributed by atoms with Gasteiger partial charge in [-0.25, -0.2) is 0 Å². The molecule has 0 radical (unpaired) electrons. The molecule has 9 heteroatoms. The zero-order chi connectivity index (χ0) is 15.8. The minimum atomic E-state index is -1.82. The van der Waals surface area contributed by atoms with Gasteiger partial charge < -0.3 is 15.9 Å². The number of halogens is 2. The van der Waals surface area contributed by atoms with Gasteiger partial charge in [-0.3, -0.25) is 9.59 Å². The Hall–Kier alpha value is 0.128. The SMILES string of the molecule is CC(=O)O.CC(=O)O.NC1CCCCC1.[NH2][Pt]([Cl])[Cl]. The zero-order valence-corrected chi connectivity index (χ0v) is 14.8. The van der Waals surface area contributed by atoms with Crippen molar-refractivity contribution >= 4 is 30.8 Å². The van der Waals surface area contributed by atoms with Crippen molar-refractivity contribution in [3.05, 3.63) is 0 Å². The summed E-state index contributed by atoms with van der Waals surface area (Å²) in [6.45, 7) is 2.17. The van der Waals surface area contributed by atoms with Gasteiger partial charge in [0, 0.05) is 19.9 Å². The minimum absolute atomic E-state index is 0.536. The van der Waals surface area contributed by atoms with Crippen molar-refractivity contribution in [2.24, 2.45) is 10.0 Å². The van der Waals surface area contributed by atoms with Crippen LogP contribution in [0.2, 0.25) is 0 Å². The Bertz CT molecular complexity index is 205. The number of nitrogens with two attached hydrogens (primary N) is 2. The van der Waals surface area contributed by atoms with Crippen LogP contribution < -0.4 is 10.0 Å². The first-order chi connectivity index (χ1) is 8.59. The third-order valence-corrected chi connectivity index (χ3v) is 1.65. The molecule has 0 spiro atoms. The fraction of sp³-hybridized carbons (Fsp3) is 0.800. The molecule has 6 N–H and O–H groups in total. The van der Waals surface area contributed by atoms with E-state index < -0.39 is 27.4 Å². The average molecular weight is 501 g/mol. The summed E-state index contributed by atoms with van der Waals surface area (Å²) in [5, 5.41) is 14.8. The maximum atomic E-state index is 9.00. The van der Waals surface area contributed by atoms with Crippen LogP contribution in [0.4, 0.5) is 0 Å². The van der Waals surface area contributed by atoms with Crippen LogP contribution in [0.3, 0.4) is 0 Å². The van der Waals surface area contributed by atoms with Crippen LogP contribution in [0.15, 0.2) is 0 Å². The molecule has 6 nitrogen and oxygen atoms in total. The van der Waals surface area contributed by atoms with Crippen LogP contribution in [-0.4, -0.2) is 28.2 Å². The second-order valence-corrected chi connectivity index (χ2v) is 10.2. The quantitative estimate of drug-likeness (QED) is 0.404. The normalized spacial score (nSPS) is 14.3. The topological polar surface area (TPSA) is 127 Å². The third-order valence-electron chi connectivity index (χ3n) is 1.65. The summed E-state index contributed by atoms with van der Waals surface area (Å²) >= 11 is -1.82. The number of carboxylic acids is 2. The summed E-state index contributed by atoms with van der Waals surface area (Å²) in [6, 6.07) is 0.536. The van der Waals surface area contributed by atoms with Crippen molar-refractivity contribution in [1.82, 2.24) is 0 Å². The van der Waals surface area contributed by atoms with Crippen LogP contribution in [0.1, 0.15) is 46.0 Å². The van der Waals surface area contributed by atoms with Gasteiger partial charge in [0.15, 0.2) is 0 Å². The van der Waals surface area contributed by atoms with E-state index in [4.69, 9.17) is 48.7 Å². The van der Waals surface area contributed by atoms with Crippen LogP contribution >= 0.6 is 18.8 Å². The molecule has 0 saturated heterocycles. The van der Waals surface area contributed by atoms with Gasteiger partial charge >= 0.3 is 38.6 Å². The molecule has 0 heterocycles. The van der Waals surface area contributed by atoms with Gasteiger partial charge in [0.2, 0.25) is 0 Å². The van der Waals surface area contributed by atoms with Crippen molar-refractivity contribution in [1.29, 1.82) is 0 Å². The first-order valence-electron chi connectivity index (χ1n) is 5.43. The van der Waals surface area contributed by atoms with Crippen molar-refractivity contribution in [2.75, 3.05) is 0 Å². The van der Waals surface area contributed by atoms with E-state index in [-0.39, 0.29) is 0 Å². The monoisotopic (exact) mass is 500 g/mol. The van der Waals surface area contributed by atoms with E-state index in [1.165, 1.54) is 32.1 Å². The van der Waals surface area contributed by atoms with Gasteiger partial charge in [-0.15, -0.1) is 0 Å². The molecule has 0 aromatic carbocycles. The fourth-order valence-electron chi connectivity index (χ4n) is 1.13. The third kappa shape index (κ3) is 71.4. The summed E-state index contributed by atoms with van der Waals surface area (Å²) in [5.41, 5.74) is 5.63. The first kappa shape index (κ1) is 24.2. The Labute approximate surface area is 128 Å². The van der Waals surface area contributed by atoms with Crippen molar-refractivity contribution in [2.45, 2.75) is 52.0 Å². The number of carbonyl (C=O) groups is 2. The number of rotatable bonds is 0. The molecule has 0 amide bonds. The molecule has 1 fully saturated rings. The molecule has 0 aromatic rings. The second kappa shape index (κ2) is 18.1. The number of carboxylic acid groups (broad SMARTS) is 2. The van der Waals surface area contributed by atoms with Crippen molar-refractivity contribution < 1.29 is 35.3 Å². The molecule has 121 valence electrons. The zero-order valence-electron chi connectivity index (χ0n) is 11.1. The summed E-state index contributed by atoms with van der Waals surface area (Å²) < 4.78 is 4.80. The average Bonchev–Trinajstić information content (AvgIpc) is 2.15. The Balaban J connectivity index is -0.000000189. The van der Waals surface area contributed by atoms with E-state index in [9.17, 15) is 0 Å². The molecule has 0 bridgehead atoms. The van der Waals surface area contributed by atoms with Gasteiger partial charge in [-0.2, -0.15) is 0 Å². The van der Waals surface area contributed by atoms with Crippen LogP contribution in [0.5, 0.6) is 0 Å². The Morgan fingerprint density at radius 1 is 1.05 bits per heavy atom. The van der Waals surface area contributed by atoms with Gasteiger partial charge in [0.1, 0.15) is 0 Å². The molecule has 0 unspecified atom stereocenters. The first-order valence-corrected chi connectivity index (χ1v) is 12.4. The van der Waals surface area contributed by atoms with E-state index in [0.29, 0.717) is 6.04 Å². The molecule has 1 aliphatic rings. The second-order valence-electron chi connectivity index (χ2n) is 3.62. The Kier molecular flexibility index (Phi) is 23.1. The maximum absolute atomic E-state index is 9.00. The summed E-state index contributed by atoms with van der Waals surface area (Å²) in [4.78, 5) is 18.0. The van der Waals surface area contributed by atoms with Gasteiger partial charge in [-0.1, -0.05) is 19.3 Å². The van der Waals surface area contributed by atoms with E-state index in [2.05, 4.69) is 0 Å². The molecule has 1 rings (SSSR count). The summed E-state index contributed by atoms with van der Waals surface area (Å²) in [6.07, 6.45) is 6.66. The fourth-order valence-corrected chi connectivity index (χ4v) is 1.13. The van der Waals surface area contributed by atoms with E-state index in [0.717, 1.165) is 13.8 Å². The molecule has 19 heavy (non-hydrogen) atoms. The van der Waals surface area contributed by atoms with Crippen LogP contribution in [0, 0.1) is 0 Å². The molecular formula is C10H23Cl2N2O4Pt. The number of aliphatic carboxylic acids is 2. The Morgan fingerprint density at radius 2 is 1.26 bits per heavy atom. The molecule has 1 aliphatic carbocycles. The summed E-state index contributed by atoms with van der Waals surface area (Å²) in [5.74, 6) is -1.67.